The molecule has 1 aliphatic rings. The van der Waals surface area contributed by atoms with E-state index in [1.165, 1.54) is 22.9 Å². The molecule has 0 bridgehead atoms. The molecule has 16 heavy (non-hydrogen) atoms. The standard InChI is InChI=1S/C13H17BrOS/c1-10(11-3-2-4-12(14)9-11)16-13-5-7-15-8-6-13/h2-4,9-10,13H,5-8H2,1H3. The molecule has 1 nitrogen and oxygen atoms in total. The second-order valence-electron chi connectivity index (χ2n) is 4.15. The molecule has 1 aromatic rings. The van der Waals surface area contributed by atoms with Gasteiger partial charge in [-0.3, -0.25) is 0 Å². The lowest BCUT2D eigenvalue weighted by molar-refractivity contribution is 0.0999. The molecule has 1 atom stereocenters. The van der Waals surface area contributed by atoms with E-state index < -0.39 is 0 Å². The van der Waals surface area contributed by atoms with Crippen molar-refractivity contribution in [2.24, 2.45) is 0 Å². The van der Waals surface area contributed by atoms with E-state index in [9.17, 15) is 0 Å². The summed E-state index contributed by atoms with van der Waals surface area (Å²) >= 11 is 5.61. The largest absolute Gasteiger partial charge is 0.381 e. The number of thioether (sulfide) groups is 1. The van der Waals surface area contributed by atoms with E-state index in [1.807, 2.05) is 0 Å². The van der Waals surface area contributed by atoms with Crippen molar-refractivity contribution in [2.45, 2.75) is 30.3 Å². The number of hydrogen-bond acceptors (Lipinski definition) is 2. The number of benzene rings is 1. The average Bonchev–Trinajstić information content (AvgIpc) is 2.30. The Bertz CT molecular complexity index is 336. The van der Waals surface area contributed by atoms with Crippen LogP contribution in [0.4, 0.5) is 0 Å². The Hall–Kier alpha value is 0.01000. The first-order valence-corrected chi connectivity index (χ1v) is 7.48. The monoisotopic (exact) mass is 300 g/mol. The minimum atomic E-state index is 0.570. The fourth-order valence-corrected chi connectivity index (χ4v) is 3.70. The summed E-state index contributed by atoms with van der Waals surface area (Å²) in [4.78, 5) is 0. The molecule has 0 saturated carbocycles. The van der Waals surface area contributed by atoms with Gasteiger partial charge in [-0.1, -0.05) is 28.1 Å². The summed E-state index contributed by atoms with van der Waals surface area (Å²) in [5.41, 5.74) is 1.41. The van der Waals surface area contributed by atoms with Crippen molar-refractivity contribution in [2.75, 3.05) is 13.2 Å². The van der Waals surface area contributed by atoms with E-state index in [2.05, 4.69) is 58.9 Å². The van der Waals surface area contributed by atoms with Crippen LogP contribution in [0.2, 0.25) is 0 Å². The summed E-state index contributed by atoms with van der Waals surface area (Å²) in [5, 5.41) is 1.34. The SMILES string of the molecule is CC(SC1CCOCC1)c1cccc(Br)c1. The van der Waals surface area contributed by atoms with Gasteiger partial charge in [-0.15, -0.1) is 0 Å². The van der Waals surface area contributed by atoms with E-state index in [1.54, 1.807) is 0 Å². The first-order valence-electron chi connectivity index (χ1n) is 5.74. The van der Waals surface area contributed by atoms with Crippen LogP contribution in [-0.4, -0.2) is 18.5 Å². The van der Waals surface area contributed by atoms with Crippen molar-refractivity contribution < 1.29 is 4.74 Å². The maximum absolute atomic E-state index is 5.39. The van der Waals surface area contributed by atoms with Crippen molar-refractivity contribution in [3.05, 3.63) is 34.3 Å². The summed E-state index contributed by atoms with van der Waals surface area (Å²) in [6.45, 7) is 4.16. The Labute approximate surface area is 110 Å². The van der Waals surface area contributed by atoms with Gasteiger partial charge in [0.05, 0.1) is 0 Å². The summed E-state index contributed by atoms with van der Waals surface area (Å²) in [7, 11) is 0. The second kappa shape index (κ2) is 6.08. The van der Waals surface area contributed by atoms with Gasteiger partial charge in [0, 0.05) is 28.2 Å². The fraction of sp³-hybridized carbons (Fsp3) is 0.538. The van der Waals surface area contributed by atoms with Gasteiger partial charge in [-0.05, 0) is 37.5 Å². The molecule has 0 N–H and O–H groups in total. The lowest BCUT2D eigenvalue weighted by atomic mass is 10.2. The Morgan fingerprint density at radius 1 is 1.38 bits per heavy atom. The van der Waals surface area contributed by atoms with Crippen molar-refractivity contribution in [3.63, 3.8) is 0 Å². The van der Waals surface area contributed by atoms with Crippen molar-refractivity contribution in [3.8, 4) is 0 Å². The summed E-state index contributed by atoms with van der Waals surface area (Å²) in [6, 6.07) is 8.62. The minimum absolute atomic E-state index is 0.570. The maximum atomic E-state index is 5.39. The predicted molar refractivity (Wildman–Crippen MR) is 74.0 cm³/mol. The first-order chi connectivity index (χ1) is 7.75. The molecule has 0 radical (unpaired) electrons. The zero-order valence-corrected chi connectivity index (χ0v) is 11.9. The third-order valence-corrected chi connectivity index (χ3v) is 4.91. The molecule has 1 aromatic carbocycles. The van der Waals surface area contributed by atoms with E-state index in [0.29, 0.717) is 5.25 Å². The van der Waals surface area contributed by atoms with Gasteiger partial charge < -0.3 is 4.74 Å². The Kier molecular flexibility index (Phi) is 4.74. The Balaban J connectivity index is 1.94. The Morgan fingerprint density at radius 3 is 2.81 bits per heavy atom. The normalized spacial score (nSPS) is 19.6. The summed E-state index contributed by atoms with van der Waals surface area (Å²) in [6.07, 6.45) is 2.39. The number of ether oxygens (including phenoxy) is 1. The molecule has 1 unspecified atom stereocenters. The molecule has 3 heteroatoms. The summed E-state index contributed by atoms with van der Waals surface area (Å²) in [5.74, 6) is 0. The smallest absolute Gasteiger partial charge is 0.0476 e. The van der Waals surface area contributed by atoms with Crippen LogP contribution in [0, 0.1) is 0 Å². The van der Waals surface area contributed by atoms with Crippen LogP contribution in [0.1, 0.15) is 30.6 Å². The van der Waals surface area contributed by atoms with Crippen molar-refractivity contribution >= 4 is 27.7 Å². The van der Waals surface area contributed by atoms with Gasteiger partial charge in [0.15, 0.2) is 0 Å². The van der Waals surface area contributed by atoms with Gasteiger partial charge in [-0.2, -0.15) is 11.8 Å². The van der Waals surface area contributed by atoms with Gasteiger partial charge in [0.25, 0.3) is 0 Å². The molecule has 88 valence electrons. The predicted octanol–water partition coefficient (Wildman–Crippen LogP) is 4.42. The zero-order valence-electron chi connectivity index (χ0n) is 9.49. The third-order valence-electron chi connectivity index (χ3n) is 2.88. The van der Waals surface area contributed by atoms with E-state index >= 15 is 0 Å². The molecule has 0 aromatic heterocycles. The molecular formula is C13H17BrOS. The van der Waals surface area contributed by atoms with Crippen LogP contribution in [0.3, 0.4) is 0 Å². The van der Waals surface area contributed by atoms with Gasteiger partial charge in [0.2, 0.25) is 0 Å². The van der Waals surface area contributed by atoms with Crippen LogP contribution in [0.15, 0.2) is 28.7 Å². The maximum Gasteiger partial charge on any atom is 0.0476 e. The fourth-order valence-electron chi connectivity index (χ4n) is 1.94. The van der Waals surface area contributed by atoms with Gasteiger partial charge in [-0.25, -0.2) is 0 Å². The van der Waals surface area contributed by atoms with Crippen molar-refractivity contribution in [1.29, 1.82) is 0 Å². The molecule has 0 aliphatic carbocycles. The van der Waals surface area contributed by atoms with Crippen LogP contribution < -0.4 is 0 Å². The number of rotatable bonds is 3. The molecule has 0 spiro atoms. The third kappa shape index (κ3) is 3.51. The average molecular weight is 301 g/mol. The molecule has 1 fully saturated rings. The highest BCUT2D eigenvalue weighted by Crippen LogP contribution is 2.36. The highest BCUT2D eigenvalue weighted by molar-refractivity contribution is 9.10. The van der Waals surface area contributed by atoms with E-state index in [-0.39, 0.29) is 0 Å². The van der Waals surface area contributed by atoms with Crippen LogP contribution in [-0.2, 0) is 4.74 Å². The summed E-state index contributed by atoms with van der Waals surface area (Å²) < 4.78 is 6.56. The first kappa shape index (κ1) is 12.5. The molecule has 1 heterocycles. The van der Waals surface area contributed by atoms with Gasteiger partial charge >= 0.3 is 0 Å². The van der Waals surface area contributed by atoms with Crippen LogP contribution in [0.25, 0.3) is 0 Å². The quantitative estimate of drug-likeness (QED) is 0.817. The topological polar surface area (TPSA) is 9.23 Å². The zero-order chi connectivity index (χ0) is 11.4. The van der Waals surface area contributed by atoms with Crippen molar-refractivity contribution in [1.82, 2.24) is 0 Å². The molecule has 1 saturated heterocycles. The Morgan fingerprint density at radius 2 is 2.12 bits per heavy atom. The highest BCUT2D eigenvalue weighted by atomic mass is 79.9. The lowest BCUT2D eigenvalue weighted by Crippen LogP contribution is -2.18. The van der Waals surface area contributed by atoms with E-state index in [4.69, 9.17) is 4.74 Å². The minimum Gasteiger partial charge on any atom is -0.381 e. The molecular weight excluding hydrogens is 284 g/mol. The highest BCUT2D eigenvalue weighted by Gasteiger charge is 2.18. The molecule has 1 aliphatic heterocycles. The second-order valence-corrected chi connectivity index (χ2v) is 6.71. The number of halogens is 1. The van der Waals surface area contributed by atoms with E-state index in [0.717, 1.165) is 18.5 Å². The van der Waals surface area contributed by atoms with Crippen LogP contribution in [0.5, 0.6) is 0 Å². The lowest BCUT2D eigenvalue weighted by Gasteiger charge is -2.24. The van der Waals surface area contributed by atoms with Crippen LogP contribution >= 0.6 is 27.7 Å². The van der Waals surface area contributed by atoms with Gasteiger partial charge in [0.1, 0.15) is 0 Å². The molecule has 2 rings (SSSR count). The molecule has 0 amide bonds. The number of hydrogen-bond donors (Lipinski definition) is 0.